The number of benzene rings is 2. The first-order valence-corrected chi connectivity index (χ1v) is 8.58. The van der Waals surface area contributed by atoms with Crippen molar-refractivity contribution in [3.8, 4) is 0 Å². The van der Waals surface area contributed by atoms with Gasteiger partial charge in [-0.05, 0) is 61.5 Å². The number of imidazole rings is 1. The summed E-state index contributed by atoms with van der Waals surface area (Å²) in [5.74, 6) is 0.744. The Kier molecular flexibility index (Phi) is 4.12. The smallest absolute Gasteiger partial charge is 0.0931 e. The predicted octanol–water partition coefficient (Wildman–Crippen LogP) is 3.99. The van der Waals surface area contributed by atoms with E-state index in [9.17, 15) is 0 Å². The lowest BCUT2D eigenvalue weighted by Gasteiger charge is -2.32. The van der Waals surface area contributed by atoms with Crippen molar-refractivity contribution in [1.29, 1.82) is 0 Å². The van der Waals surface area contributed by atoms with Gasteiger partial charge >= 0.3 is 0 Å². The molecule has 3 aromatic rings. The van der Waals surface area contributed by atoms with Crippen molar-refractivity contribution in [2.24, 2.45) is 0 Å². The van der Waals surface area contributed by atoms with Gasteiger partial charge in [-0.15, -0.1) is 0 Å². The van der Waals surface area contributed by atoms with Crippen LogP contribution in [0.25, 0.3) is 11.0 Å². The number of hydrogen-bond donors (Lipinski definition) is 1. The van der Waals surface area contributed by atoms with Gasteiger partial charge in [-0.25, -0.2) is 4.98 Å². The van der Waals surface area contributed by atoms with Crippen molar-refractivity contribution < 1.29 is 0 Å². The molecule has 3 nitrogen and oxygen atoms in total. The molecule has 0 aliphatic carbocycles. The highest BCUT2D eigenvalue weighted by Crippen LogP contribution is 2.27. The molecule has 2 aromatic carbocycles. The molecule has 1 aliphatic rings. The van der Waals surface area contributed by atoms with Crippen LogP contribution in [0.2, 0.25) is 0 Å². The second kappa shape index (κ2) is 6.55. The number of H-pyrrole nitrogens is 1. The molecule has 0 spiro atoms. The molecular formula is C20H23N3. The largest absolute Gasteiger partial charge is 0.345 e. The lowest BCUT2D eigenvalue weighted by atomic mass is 9.89. The summed E-state index contributed by atoms with van der Waals surface area (Å²) in [5.41, 5.74) is 5.10. The van der Waals surface area contributed by atoms with Gasteiger partial charge in [0.15, 0.2) is 0 Å². The van der Waals surface area contributed by atoms with E-state index in [2.05, 4.69) is 63.4 Å². The minimum atomic E-state index is 0.744. The number of aromatic amines is 1. The summed E-state index contributed by atoms with van der Waals surface area (Å²) >= 11 is 0. The maximum atomic E-state index is 4.28. The number of nitrogens with one attached hydrogen (secondary N) is 1. The van der Waals surface area contributed by atoms with Crippen LogP contribution in [0.3, 0.4) is 0 Å². The SMILES string of the molecule is c1ccc(C2CCN(CCc3ccc4nc[nH]c4c3)CC2)cc1. The van der Waals surface area contributed by atoms with E-state index in [1.54, 1.807) is 6.33 Å². The highest BCUT2D eigenvalue weighted by atomic mass is 15.1. The third kappa shape index (κ3) is 3.30. The minimum absolute atomic E-state index is 0.744. The molecule has 0 bridgehead atoms. The average molecular weight is 305 g/mol. The fourth-order valence-corrected chi connectivity index (χ4v) is 3.64. The van der Waals surface area contributed by atoms with E-state index in [0.717, 1.165) is 29.9 Å². The molecule has 4 rings (SSSR count). The second-order valence-corrected chi connectivity index (χ2v) is 6.53. The highest BCUT2D eigenvalue weighted by Gasteiger charge is 2.20. The first kappa shape index (κ1) is 14.5. The molecule has 1 aliphatic heterocycles. The van der Waals surface area contributed by atoms with E-state index in [-0.39, 0.29) is 0 Å². The van der Waals surface area contributed by atoms with Crippen LogP contribution >= 0.6 is 0 Å². The molecule has 1 N–H and O–H groups in total. The fraction of sp³-hybridized carbons (Fsp3) is 0.350. The van der Waals surface area contributed by atoms with E-state index in [1.165, 1.54) is 37.1 Å². The lowest BCUT2D eigenvalue weighted by Crippen LogP contribution is -2.34. The van der Waals surface area contributed by atoms with Gasteiger partial charge in [0.1, 0.15) is 0 Å². The molecule has 0 atom stereocenters. The summed E-state index contributed by atoms with van der Waals surface area (Å²) in [4.78, 5) is 10.1. The number of piperidine rings is 1. The van der Waals surface area contributed by atoms with Crippen LogP contribution in [0.1, 0.15) is 29.9 Å². The van der Waals surface area contributed by atoms with Crippen LogP contribution in [0.4, 0.5) is 0 Å². The minimum Gasteiger partial charge on any atom is -0.345 e. The van der Waals surface area contributed by atoms with E-state index in [1.807, 2.05) is 0 Å². The summed E-state index contributed by atoms with van der Waals surface area (Å²) in [7, 11) is 0. The van der Waals surface area contributed by atoms with Crippen LogP contribution < -0.4 is 0 Å². The second-order valence-electron chi connectivity index (χ2n) is 6.53. The van der Waals surface area contributed by atoms with Gasteiger partial charge in [-0.3, -0.25) is 0 Å². The maximum Gasteiger partial charge on any atom is 0.0931 e. The molecule has 3 heteroatoms. The summed E-state index contributed by atoms with van der Waals surface area (Å²) in [6.45, 7) is 3.58. The molecule has 2 heterocycles. The molecule has 23 heavy (non-hydrogen) atoms. The molecule has 0 radical (unpaired) electrons. The number of aromatic nitrogens is 2. The highest BCUT2D eigenvalue weighted by molar-refractivity contribution is 5.75. The van der Waals surface area contributed by atoms with Crippen molar-refractivity contribution in [3.63, 3.8) is 0 Å². The number of nitrogens with zero attached hydrogens (tertiary/aromatic N) is 2. The van der Waals surface area contributed by atoms with Crippen molar-refractivity contribution in [1.82, 2.24) is 14.9 Å². The molecule has 0 unspecified atom stereocenters. The summed E-state index contributed by atoms with van der Waals surface area (Å²) in [6, 6.07) is 17.5. The Morgan fingerprint density at radius 1 is 1.04 bits per heavy atom. The Bertz CT molecular complexity index is 755. The monoisotopic (exact) mass is 305 g/mol. The number of fused-ring (bicyclic) bond motifs is 1. The van der Waals surface area contributed by atoms with Crippen LogP contribution in [-0.2, 0) is 6.42 Å². The molecule has 1 fully saturated rings. The zero-order valence-electron chi connectivity index (χ0n) is 13.4. The van der Waals surface area contributed by atoms with Gasteiger partial charge < -0.3 is 9.88 Å². The Balaban J connectivity index is 1.31. The van der Waals surface area contributed by atoms with Crippen molar-refractivity contribution in [3.05, 3.63) is 66.0 Å². The third-order valence-electron chi connectivity index (χ3n) is 5.06. The maximum absolute atomic E-state index is 4.28. The van der Waals surface area contributed by atoms with E-state index < -0.39 is 0 Å². The molecule has 1 aromatic heterocycles. The van der Waals surface area contributed by atoms with Gasteiger partial charge in [0, 0.05) is 6.54 Å². The zero-order chi connectivity index (χ0) is 15.5. The predicted molar refractivity (Wildman–Crippen MR) is 94.7 cm³/mol. The zero-order valence-corrected chi connectivity index (χ0v) is 13.4. The third-order valence-corrected chi connectivity index (χ3v) is 5.06. The Morgan fingerprint density at radius 3 is 2.70 bits per heavy atom. The van der Waals surface area contributed by atoms with E-state index in [0.29, 0.717) is 0 Å². The lowest BCUT2D eigenvalue weighted by molar-refractivity contribution is 0.214. The van der Waals surface area contributed by atoms with Gasteiger partial charge in [0.05, 0.1) is 17.4 Å². The topological polar surface area (TPSA) is 31.9 Å². The fourth-order valence-electron chi connectivity index (χ4n) is 3.64. The Labute approximate surface area is 137 Å². The van der Waals surface area contributed by atoms with Gasteiger partial charge in [0.2, 0.25) is 0 Å². The van der Waals surface area contributed by atoms with Crippen LogP contribution in [0.5, 0.6) is 0 Å². The van der Waals surface area contributed by atoms with E-state index >= 15 is 0 Å². The van der Waals surface area contributed by atoms with Crippen LogP contribution in [0.15, 0.2) is 54.9 Å². The number of likely N-dealkylation sites (tertiary alicyclic amines) is 1. The normalized spacial score (nSPS) is 16.9. The molecule has 0 amide bonds. The van der Waals surface area contributed by atoms with E-state index in [4.69, 9.17) is 0 Å². The standard InChI is InChI=1S/C20H23N3/c1-2-4-17(5-3-1)18-9-12-23(13-10-18)11-8-16-6-7-19-20(14-16)22-15-21-19/h1-7,14-15,18H,8-13H2,(H,21,22). The quantitative estimate of drug-likeness (QED) is 0.790. The van der Waals surface area contributed by atoms with Crippen molar-refractivity contribution in [2.75, 3.05) is 19.6 Å². The molecule has 118 valence electrons. The molecule has 0 saturated carbocycles. The summed E-state index contributed by atoms with van der Waals surface area (Å²) < 4.78 is 0. The summed E-state index contributed by atoms with van der Waals surface area (Å²) in [5, 5.41) is 0. The number of rotatable bonds is 4. The first-order valence-electron chi connectivity index (χ1n) is 8.58. The average Bonchev–Trinajstić information content (AvgIpc) is 3.09. The van der Waals surface area contributed by atoms with Crippen LogP contribution in [0, 0.1) is 0 Å². The molecule has 1 saturated heterocycles. The molecular weight excluding hydrogens is 282 g/mol. The number of hydrogen-bond acceptors (Lipinski definition) is 2. The van der Waals surface area contributed by atoms with Crippen molar-refractivity contribution >= 4 is 11.0 Å². The van der Waals surface area contributed by atoms with Gasteiger partial charge in [0.25, 0.3) is 0 Å². The van der Waals surface area contributed by atoms with Crippen LogP contribution in [-0.4, -0.2) is 34.5 Å². The van der Waals surface area contributed by atoms with Gasteiger partial charge in [-0.1, -0.05) is 36.4 Å². The summed E-state index contributed by atoms with van der Waals surface area (Å²) in [6.07, 6.45) is 5.45. The first-order chi connectivity index (χ1) is 11.4. The Morgan fingerprint density at radius 2 is 1.87 bits per heavy atom. The Hall–Kier alpha value is -2.13. The van der Waals surface area contributed by atoms with Crippen molar-refractivity contribution in [2.45, 2.75) is 25.2 Å². The van der Waals surface area contributed by atoms with Gasteiger partial charge in [-0.2, -0.15) is 0 Å².